The van der Waals surface area contributed by atoms with Crippen molar-refractivity contribution in [3.63, 3.8) is 0 Å². The molecule has 12 heavy (non-hydrogen) atoms. The lowest BCUT2D eigenvalue weighted by Crippen LogP contribution is -2.58. The molecule has 0 aromatic carbocycles. The Bertz CT molecular complexity index is 150. The zero-order valence-corrected chi connectivity index (χ0v) is 8.20. The molecule has 0 aromatic heterocycles. The second kappa shape index (κ2) is 3.30. The van der Waals surface area contributed by atoms with Crippen LogP contribution in [0.15, 0.2) is 0 Å². The molecule has 0 heterocycles. The van der Waals surface area contributed by atoms with Gasteiger partial charge in [0.15, 0.2) is 0 Å². The van der Waals surface area contributed by atoms with Gasteiger partial charge in [0.25, 0.3) is 0 Å². The van der Waals surface area contributed by atoms with Gasteiger partial charge in [-0.1, -0.05) is 13.8 Å². The molecule has 0 amide bonds. The molecule has 0 aliphatic carbocycles. The van der Waals surface area contributed by atoms with Crippen LogP contribution in [0.4, 0.5) is 0 Å². The number of rotatable bonds is 3. The van der Waals surface area contributed by atoms with Crippen molar-refractivity contribution < 1.29 is 10.2 Å². The number of hydrogen-bond acceptors (Lipinski definition) is 4. The number of nitrogens with two attached hydrogens (primary N) is 2. The molecule has 2 atom stereocenters. The van der Waals surface area contributed by atoms with Crippen LogP contribution in [0.2, 0.25) is 0 Å². The van der Waals surface area contributed by atoms with Gasteiger partial charge in [0.05, 0.1) is 6.10 Å². The molecule has 0 aliphatic rings. The van der Waals surface area contributed by atoms with Gasteiger partial charge in [-0.05, 0) is 13.8 Å². The number of aliphatic hydroxyl groups is 2. The first-order valence-electron chi connectivity index (χ1n) is 4.00. The Labute approximate surface area is 73.6 Å². The summed E-state index contributed by atoms with van der Waals surface area (Å²) in [7, 11) is 0. The molecule has 74 valence electrons. The Kier molecular flexibility index (Phi) is 3.25. The Balaban J connectivity index is 4.57. The first kappa shape index (κ1) is 11.8. The van der Waals surface area contributed by atoms with E-state index in [1.165, 1.54) is 0 Å². The summed E-state index contributed by atoms with van der Waals surface area (Å²) in [4.78, 5) is 0. The summed E-state index contributed by atoms with van der Waals surface area (Å²) < 4.78 is 0. The maximum absolute atomic E-state index is 9.72. The largest absolute Gasteiger partial charge is 0.391 e. The molecular weight excluding hydrogens is 156 g/mol. The first-order valence-corrected chi connectivity index (χ1v) is 4.00. The summed E-state index contributed by atoms with van der Waals surface area (Å²) in [5.74, 6) is 0. The molecule has 4 nitrogen and oxygen atoms in total. The zero-order valence-electron chi connectivity index (χ0n) is 8.20. The van der Waals surface area contributed by atoms with Gasteiger partial charge in [-0.3, -0.25) is 0 Å². The third-order valence-corrected chi connectivity index (χ3v) is 2.17. The van der Waals surface area contributed by atoms with Crippen molar-refractivity contribution in [3.8, 4) is 0 Å². The van der Waals surface area contributed by atoms with E-state index >= 15 is 0 Å². The van der Waals surface area contributed by atoms with Gasteiger partial charge in [0.1, 0.15) is 6.23 Å². The highest BCUT2D eigenvalue weighted by atomic mass is 16.3. The lowest BCUT2D eigenvalue weighted by Gasteiger charge is -2.40. The summed E-state index contributed by atoms with van der Waals surface area (Å²) in [5.41, 5.74) is 9.44. The van der Waals surface area contributed by atoms with Crippen molar-refractivity contribution in [2.24, 2.45) is 16.9 Å². The summed E-state index contributed by atoms with van der Waals surface area (Å²) >= 11 is 0. The van der Waals surface area contributed by atoms with Crippen LogP contribution in [-0.4, -0.2) is 28.1 Å². The first-order chi connectivity index (χ1) is 5.10. The maximum atomic E-state index is 9.72. The van der Waals surface area contributed by atoms with Gasteiger partial charge >= 0.3 is 0 Å². The topological polar surface area (TPSA) is 92.5 Å². The van der Waals surface area contributed by atoms with Crippen molar-refractivity contribution >= 4 is 0 Å². The normalized spacial score (nSPS) is 19.0. The van der Waals surface area contributed by atoms with Gasteiger partial charge in [-0.15, -0.1) is 0 Å². The molecule has 6 N–H and O–H groups in total. The highest BCUT2D eigenvalue weighted by Crippen LogP contribution is 2.28. The van der Waals surface area contributed by atoms with E-state index in [9.17, 15) is 10.2 Å². The van der Waals surface area contributed by atoms with Crippen LogP contribution >= 0.6 is 0 Å². The fraction of sp³-hybridized carbons (Fsp3) is 1.00. The zero-order chi connectivity index (χ0) is 10.2. The van der Waals surface area contributed by atoms with Crippen LogP contribution in [0.3, 0.4) is 0 Å². The van der Waals surface area contributed by atoms with Crippen molar-refractivity contribution in [3.05, 3.63) is 0 Å². The van der Waals surface area contributed by atoms with Crippen molar-refractivity contribution in [2.45, 2.75) is 45.6 Å². The lowest BCUT2D eigenvalue weighted by molar-refractivity contribution is -0.0726. The van der Waals surface area contributed by atoms with Crippen molar-refractivity contribution in [1.82, 2.24) is 0 Å². The van der Waals surface area contributed by atoms with E-state index in [0.29, 0.717) is 0 Å². The summed E-state index contributed by atoms with van der Waals surface area (Å²) in [6.45, 7) is 6.75. The highest BCUT2D eigenvalue weighted by Gasteiger charge is 2.40. The summed E-state index contributed by atoms with van der Waals surface area (Å²) in [6.07, 6.45) is -1.92. The lowest BCUT2D eigenvalue weighted by atomic mass is 9.76. The average Bonchev–Trinajstić information content (AvgIpc) is 1.83. The van der Waals surface area contributed by atoms with E-state index in [-0.39, 0.29) is 0 Å². The summed E-state index contributed by atoms with van der Waals surface area (Å²) in [6, 6.07) is 0. The third-order valence-electron chi connectivity index (χ3n) is 2.17. The van der Waals surface area contributed by atoms with Crippen molar-refractivity contribution in [1.29, 1.82) is 0 Å². The van der Waals surface area contributed by atoms with Crippen LogP contribution in [0.5, 0.6) is 0 Å². The van der Waals surface area contributed by atoms with E-state index in [1.54, 1.807) is 27.7 Å². The minimum atomic E-state index is -1.07. The SMILES string of the molecule is CC(C)(N)C(O)C(C)(C)C(N)O. The monoisotopic (exact) mass is 176 g/mol. The molecule has 0 bridgehead atoms. The van der Waals surface area contributed by atoms with E-state index in [1.807, 2.05) is 0 Å². The summed E-state index contributed by atoms with van der Waals surface area (Å²) in [5, 5.41) is 18.9. The Morgan fingerprint density at radius 1 is 1.08 bits per heavy atom. The van der Waals surface area contributed by atoms with Crippen LogP contribution < -0.4 is 11.5 Å². The van der Waals surface area contributed by atoms with Gasteiger partial charge in [-0.2, -0.15) is 0 Å². The number of aliphatic hydroxyl groups excluding tert-OH is 2. The molecule has 0 radical (unpaired) electrons. The minimum absolute atomic E-state index is 0.760. The standard InChI is InChI=1S/C8H20N2O2/c1-7(2,6(9)12)5(11)8(3,4)10/h5-6,11-12H,9-10H2,1-4H3. The van der Waals surface area contributed by atoms with Crippen LogP contribution in [-0.2, 0) is 0 Å². The van der Waals surface area contributed by atoms with E-state index in [0.717, 1.165) is 0 Å². The molecule has 0 aromatic rings. The molecule has 0 saturated heterocycles. The molecule has 0 fully saturated rings. The molecule has 0 saturated carbocycles. The highest BCUT2D eigenvalue weighted by molar-refractivity contribution is 4.94. The molecular formula is C8H20N2O2. The third kappa shape index (κ3) is 2.42. The molecule has 2 unspecified atom stereocenters. The Morgan fingerprint density at radius 2 is 1.42 bits per heavy atom. The van der Waals surface area contributed by atoms with Crippen molar-refractivity contribution in [2.75, 3.05) is 0 Å². The second-order valence-electron chi connectivity index (χ2n) is 4.49. The average molecular weight is 176 g/mol. The fourth-order valence-corrected chi connectivity index (χ4v) is 1.12. The second-order valence-corrected chi connectivity index (χ2v) is 4.49. The maximum Gasteiger partial charge on any atom is 0.110 e. The van der Waals surface area contributed by atoms with E-state index < -0.39 is 23.3 Å². The van der Waals surface area contributed by atoms with Crippen LogP contribution in [0, 0.1) is 5.41 Å². The molecule has 4 heteroatoms. The van der Waals surface area contributed by atoms with Gasteiger partial charge in [-0.25, -0.2) is 0 Å². The minimum Gasteiger partial charge on any atom is -0.391 e. The Hall–Kier alpha value is -0.160. The van der Waals surface area contributed by atoms with Gasteiger partial charge in [0, 0.05) is 11.0 Å². The molecule has 0 aliphatic heterocycles. The predicted octanol–water partition coefficient (Wildman–Crippen LogP) is -0.612. The molecule has 0 rings (SSSR count). The molecule has 0 spiro atoms. The predicted molar refractivity (Wildman–Crippen MR) is 48.2 cm³/mol. The number of hydrogen-bond donors (Lipinski definition) is 4. The smallest absolute Gasteiger partial charge is 0.110 e. The quantitative estimate of drug-likeness (QED) is 0.431. The van der Waals surface area contributed by atoms with Crippen LogP contribution in [0.25, 0.3) is 0 Å². The van der Waals surface area contributed by atoms with E-state index in [2.05, 4.69) is 0 Å². The Morgan fingerprint density at radius 3 is 1.50 bits per heavy atom. The van der Waals surface area contributed by atoms with E-state index in [4.69, 9.17) is 11.5 Å². The van der Waals surface area contributed by atoms with Gasteiger partial charge in [0.2, 0.25) is 0 Å². The van der Waals surface area contributed by atoms with Gasteiger partial charge < -0.3 is 21.7 Å². The van der Waals surface area contributed by atoms with Crippen LogP contribution in [0.1, 0.15) is 27.7 Å². The fourth-order valence-electron chi connectivity index (χ4n) is 1.12.